The molecule has 0 saturated carbocycles. The van der Waals surface area contributed by atoms with Crippen molar-refractivity contribution < 1.29 is 0 Å². The van der Waals surface area contributed by atoms with E-state index in [9.17, 15) is 0 Å². The van der Waals surface area contributed by atoms with E-state index >= 15 is 0 Å². The second-order valence-corrected chi connectivity index (χ2v) is 9.27. The van der Waals surface area contributed by atoms with Gasteiger partial charge in [-0.2, -0.15) is 0 Å². The van der Waals surface area contributed by atoms with E-state index in [1.54, 1.807) is 33.7 Å². The molecular weight excluding hydrogens is 382 g/mol. The van der Waals surface area contributed by atoms with Gasteiger partial charge in [0.05, 0.1) is 0 Å². The van der Waals surface area contributed by atoms with Crippen molar-refractivity contribution in [3.8, 4) is 0 Å². The molecule has 0 radical (unpaired) electrons. The summed E-state index contributed by atoms with van der Waals surface area (Å²) < 4.78 is 2.79. The third-order valence-corrected chi connectivity index (χ3v) is 6.39. The topological polar surface area (TPSA) is 0 Å². The maximum absolute atomic E-state index is 2.23. The molecule has 0 spiro atoms. The van der Waals surface area contributed by atoms with Gasteiger partial charge in [-0.25, -0.2) is 0 Å². The Labute approximate surface area is 134 Å². The first-order chi connectivity index (χ1) is 8.74. The Bertz CT molecular complexity index is 433. The third kappa shape index (κ3) is 5.09. The van der Waals surface area contributed by atoms with Gasteiger partial charge in [0.1, 0.15) is 0 Å². The predicted octanol–water partition coefficient (Wildman–Crippen LogP) is 1.28. The summed E-state index contributed by atoms with van der Waals surface area (Å²) in [6, 6.07) is 17.8. The number of rotatable bonds is 5. The molecule has 0 aromatic heterocycles. The zero-order valence-electron chi connectivity index (χ0n) is 10.0. The predicted molar refractivity (Wildman–Crippen MR) is 91.8 cm³/mol. The molecule has 0 N–H and O–H groups in total. The van der Waals surface area contributed by atoms with Crippen LogP contribution in [0.25, 0.3) is 0 Å². The van der Waals surface area contributed by atoms with E-state index in [2.05, 4.69) is 48.5 Å². The molecule has 0 amide bonds. The Morgan fingerprint density at radius 2 is 0.944 bits per heavy atom. The van der Waals surface area contributed by atoms with Crippen LogP contribution in [0.3, 0.4) is 0 Å². The molecule has 18 heavy (non-hydrogen) atoms. The summed E-state index contributed by atoms with van der Waals surface area (Å²) >= 11 is 3.38. The van der Waals surface area contributed by atoms with Crippen LogP contribution in [0.4, 0.5) is 0 Å². The van der Waals surface area contributed by atoms with Gasteiger partial charge in [0, 0.05) is 0 Å². The van der Waals surface area contributed by atoms with E-state index in [-0.39, 0.29) is 0 Å². The molecule has 2 rings (SSSR count). The average molecular weight is 398 g/mol. The van der Waals surface area contributed by atoms with Gasteiger partial charge in [0.25, 0.3) is 0 Å². The summed E-state index contributed by atoms with van der Waals surface area (Å²) in [6.07, 6.45) is 0. The number of hydrogen-bond donors (Lipinski definition) is 0. The van der Waals surface area contributed by atoms with Crippen LogP contribution in [-0.2, 0) is 11.5 Å². The van der Waals surface area contributed by atoms with Crippen LogP contribution < -0.4 is 8.70 Å². The van der Waals surface area contributed by atoms with Gasteiger partial charge in [-0.3, -0.25) is 0 Å². The van der Waals surface area contributed by atoms with Crippen molar-refractivity contribution in [2.45, 2.75) is 11.5 Å². The molecule has 0 aliphatic heterocycles. The molecule has 0 bridgehead atoms. The minimum atomic E-state index is 1.09. The monoisotopic (exact) mass is 398 g/mol. The summed E-state index contributed by atoms with van der Waals surface area (Å²) in [5.41, 5.74) is 2.83. The second-order valence-electron chi connectivity index (χ2n) is 4.01. The first kappa shape index (κ1) is 14.7. The first-order valence-electron chi connectivity index (χ1n) is 5.67. The average Bonchev–Trinajstić information content (AvgIpc) is 2.39. The molecule has 94 valence electrons. The van der Waals surface area contributed by atoms with Crippen molar-refractivity contribution in [2.75, 3.05) is 0 Å². The quantitative estimate of drug-likeness (QED) is 0.423. The minimum absolute atomic E-state index is 1.09. The van der Waals surface area contributed by atoms with Crippen molar-refractivity contribution >= 4 is 64.0 Å². The molecular formula is C14H16As2S2. The standard InChI is InChI=1S/C14H16As2S2/c15-13-5-1-11(2-6-13)9-17-18-10-12-3-7-14(16)8-4-12/h1-8H,9-10,15-16H2. The fourth-order valence-electron chi connectivity index (χ4n) is 1.45. The van der Waals surface area contributed by atoms with E-state index in [0.717, 1.165) is 11.5 Å². The third-order valence-electron chi connectivity index (χ3n) is 2.49. The van der Waals surface area contributed by atoms with Crippen LogP contribution >= 0.6 is 21.6 Å². The van der Waals surface area contributed by atoms with E-state index in [1.807, 2.05) is 21.6 Å². The van der Waals surface area contributed by atoms with Gasteiger partial charge in [0.2, 0.25) is 0 Å². The summed E-state index contributed by atoms with van der Waals surface area (Å²) in [4.78, 5) is 0. The van der Waals surface area contributed by atoms with Gasteiger partial charge in [-0.05, 0) is 0 Å². The number of hydrogen-bond acceptors (Lipinski definition) is 2. The molecule has 4 heteroatoms. The van der Waals surface area contributed by atoms with Crippen molar-refractivity contribution in [2.24, 2.45) is 0 Å². The SMILES string of the molecule is [AsH2]c1ccc(CSSCc2ccc([AsH2])cc2)cc1. The molecule has 0 saturated heterocycles. The van der Waals surface area contributed by atoms with Gasteiger partial charge in [-0.1, -0.05) is 0 Å². The Balaban J connectivity index is 1.73. The molecule has 0 aliphatic carbocycles. The van der Waals surface area contributed by atoms with Crippen LogP contribution in [0, 0.1) is 0 Å². The fraction of sp³-hybridized carbons (Fsp3) is 0.143. The summed E-state index contributed by atoms with van der Waals surface area (Å²) in [7, 11) is 3.87. The maximum atomic E-state index is 2.23. The van der Waals surface area contributed by atoms with Gasteiger partial charge >= 0.3 is 135 Å². The zero-order chi connectivity index (χ0) is 12.8. The van der Waals surface area contributed by atoms with E-state index < -0.39 is 0 Å². The van der Waals surface area contributed by atoms with E-state index in [0.29, 0.717) is 0 Å². The van der Waals surface area contributed by atoms with Crippen molar-refractivity contribution in [3.63, 3.8) is 0 Å². The van der Waals surface area contributed by atoms with Crippen LogP contribution in [0.5, 0.6) is 0 Å². The van der Waals surface area contributed by atoms with Crippen LogP contribution in [-0.4, -0.2) is 33.7 Å². The van der Waals surface area contributed by atoms with Gasteiger partial charge in [0.15, 0.2) is 0 Å². The van der Waals surface area contributed by atoms with Crippen LogP contribution in [0.1, 0.15) is 11.1 Å². The van der Waals surface area contributed by atoms with Crippen molar-refractivity contribution in [1.82, 2.24) is 0 Å². The van der Waals surface area contributed by atoms with Gasteiger partial charge in [-0.15, -0.1) is 0 Å². The van der Waals surface area contributed by atoms with Crippen LogP contribution in [0.2, 0.25) is 0 Å². The van der Waals surface area contributed by atoms with E-state index in [1.165, 1.54) is 19.8 Å². The molecule has 0 nitrogen and oxygen atoms in total. The van der Waals surface area contributed by atoms with Crippen molar-refractivity contribution in [3.05, 3.63) is 59.7 Å². The first-order valence-corrected chi connectivity index (χ1v) is 10.6. The molecule has 2 unspecified atom stereocenters. The van der Waals surface area contributed by atoms with Crippen molar-refractivity contribution in [1.29, 1.82) is 0 Å². The Kier molecular flexibility index (Phi) is 6.31. The normalized spacial score (nSPS) is 10.6. The zero-order valence-corrected chi connectivity index (χ0v) is 16.5. The Hall–Kier alpha value is 0.257. The molecule has 0 heterocycles. The molecule has 0 fully saturated rings. The van der Waals surface area contributed by atoms with Crippen LogP contribution in [0.15, 0.2) is 48.5 Å². The van der Waals surface area contributed by atoms with E-state index in [4.69, 9.17) is 0 Å². The van der Waals surface area contributed by atoms with Gasteiger partial charge < -0.3 is 0 Å². The second kappa shape index (κ2) is 7.75. The Morgan fingerprint density at radius 3 is 1.28 bits per heavy atom. The molecule has 2 aromatic carbocycles. The Morgan fingerprint density at radius 1 is 0.611 bits per heavy atom. The molecule has 0 aliphatic rings. The summed E-state index contributed by atoms with van der Waals surface area (Å²) in [5.74, 6) is 2.18. The molecule has 2 atom stereocenters. The molecule has 2 aromatic rings. The summed E-state index contributed by atoms with van der Waals surface area (Å²) in [6.45, 7) is 0. The summed E-state index contributed by atoms with van der Waals surface area (Å²) in [5, 5.41) is 0. The fourth-order valence-corrected chi connectivity index (χ4v) is 4.39. The number of benzene rings is 2.